The van der Waals surface area contributed by atoms with Crippen molar-refractivity contribution in [1.29, 1.82) is 0 Å². The summed E-state index contributed by atoms with van der Waals surface area (Å²) in [7, 11) is 0. The Balaban J connectivity index is 0.00000210. The number of rotatable bonds is 5. The summed E-state index contributed by atoms with van der Waals surface area (Å²) < 4.78 is 3.54. The van der Waals surface area contributed by atoms with Gasteiger partial charge in [0.15, 0.2) is 0 Å². The lowest BCUT2D eigenvalue weighted by Crippen LogP contribution is -2.42. The van der Waals surface area contributed by atoms with Gasteiger partial charge in [-0.1, -0.05) is 22.9 Å². The van der Waals surface area contributed by atoms with E-state index in [4.69, 9.17) is 17.3 Å². The van der Waals surface area contributed by atoms with Crippen LogP contribution in [0.5, 0.6) is 0 Å². The van der Waals surface area contributed by atoms with Gasteiger partial charge in [-0.25, -0.2) is 14.3 Å². The zero-order chi connectivity index (χ0) is 17.9. The highest BCUT2D eigenvalue weighted by Crippen LogP contribution is 2.20. The Morgan fingerprint density at radius 2 is 2.15 bits per heavy atom. The first-order chi connectivity index (χ1) is 12.7. The smallest absolute Gasteiger partial charge is 0.138 e. The molecule has 0 spiro atoms. The van der Waals surface area contributed by atoms with Gasteiger partial charge in [0.2, 0.25) is 0 Å². The first-order valence-corrected chi connectivity index (χ1v) is 9.05. The molecule has 3 aromatic rings. The van der Waals surface area contributed by atoms with Crippen molar-refractivity contribution in [2.45, 2.75) is 32.0 Å². The van der Waals surface area contributed by atoms with E-state index < -0.39 is 0 Å². The minimum Gasteiger partial charge on any atom is -0.327 e. The quantitative estimate of drug-likeness (QED) is 0.692. The third-order valence-electron chi connectivity index (χ3n) is 4.56. The molecule has 2 aromatic heterocycles. The van der Waals surface area contributed by atoms with Crippen LogP contribution in [-0.4, -0.2) is 53.8 Å². The lowest BCUT2D eigenvalue weighted by Gasteiger charge is -2.29. The number of nitrogens with two attached hydrogens (primary N) is 1. The standard InChI is InChI=1S/C17H21ClN8.ClH/c18-14-4-3-13(17(6-14)26-12-20-11-21-26)7-25-10-16(22-23-25)9-24-5-1-2-15(19)8-24;/h3-4,6,10-12,15H,1-2,5,7-9,19H2;1H. The van der Waals surface area contributed by atoms with Crippen molar-refractivity contribution in [3.63, 3.8) is 0 Å². The molecule has 4 rings (SSSR count). The zero-order valence-corrected chi connectivity index (χ0v) is 16.4. The summed E-state index contributed by atoms with van der Waals surface area (Å²) in [6.45, 7) is 3.35. The van der Waals surface area contributed by atoms with Crippen molar-refractivity contribution in [2.75, 3.05) is 13.1 Å². The Kier molecular flexibility index (Phi) is 6.43. The van der Waals surface area contributed by atoms with Crippen LogP contribution in [0.3, 0.4) is 0 Å². The fourth-order valence-corrected chi connectivity index (χ4v) is 3.51. The van der Waals surface area contributed by atoms with E-state index in [9.17, 15) is 0 Å². The molecule has 144 valence electrons. The van der Waals surface area contributed by atoms with Crippen LogP contribution < -0.4 is 5.73 Å². The van der Waals surface area contributed by atoms with Crippen LogP contribution in [0.4, 0.5) is 0 Å². The predicted molar refractivity (Wildman–Crippen MR) is 105 cm³/mol. The summed E-state index contributed by atoms with van der Waals surface area (Å²) in [6.07, 6.45) is 7.38. The summed E-state index contributed by atoms with van der Waals surface area (Å²) in [5.41, 5.74) is 8.93. The topological polar surface area (TPSA) is 90.7 Å². The average Bonchev–Trinajstić information content (AvgIpc) is 3.29. The van der Waals surface area contributed by atoms with Gasteiger partial charge >= 0.3 is 0 Å². The summed E-state index contributed by atoms with van der Waals surface area (Å²) in [5, 5.41) is 13.4. The summed E-state index contributed by atoms with van der Waals surface area (Å²) in [6, 6.07) is 5.98. The van der Waals surface area contributed by atoms with Gasteiger partial charge in [0.1, 0.15) is 12.7 Å². The first kappa shape index (κ1) is 19.8. The molecule has 2 N–H and O–H groups in total. The van der Waals surface area contributed by atoms with Crippen molar-refractivity contribution in [2.24, 2.45) is 5.73 Å². The SMILES string of the molecule is Cl.NC1CCCN(Cc2cn(Cc3ccc(Cl)cc3-n3cncn3)nn2)C1. The molecule has 0 radical (unpaired) electrons. The van der Waals surface area contributed by atoms with Crippen LogP contribution in [0, 0.1) is 0 Å². The molecule has 1 fully saturated rings. The van der Waals surface area contributed by atoms with Crippen LogP contribution in [-0.2, 0) is 13.1 Å². The van der Waals surface area contributed by atoms with E-state index in [0.717, 1.165) is 49.4 Å². The van der Waals surface area contributed by atoms with Crippen LogP contribution >= 0.6 is 24.0 Å². The monoisotopic (exact) mass is 408 g/mol. The Hall–Kier alpha value is -2.00. The van der Waals surface area contributed by atoms with Gasteiger partial charge in [-0.2, -0.15) is 5.10 Å². The van der Waals surface area contributed by atoms with Crippen molar-refractivity contribution in [3.8, 4) is 5.69 Å². The van der Waals surface area contributed by atoms with Crippen molar-refractivity contribution >= 4 is 24.0 Å². The van der Waals surface area contributed by atoms with Crippen LogP contribution in [0.1, 0.15) is 24.1 Å². The maximum absolute atomic E-state index is 6.15. The van der Waals surface area contributed by atoms with E-state index in [-0.39, 0.29) is 18.4 Å². The van der Waals surface area contributed by atoms with E-state index in [1.807, 2.05) is 29.1 Å². The molecule has 10 heteroatoms. The molecule has 1 aliphatic rings. The molecule has 0 saturated carbocycles. The van der Waals surface area contributed by atoms with Gasteiger partial charge < -0.3 is 5.73 Å². The molecule has 3 heterocycles. The molecule has 1 unspecified atom stereocenters. The summed E-state index contributed by atoms with van der Waals surface area (Å²) >= 11 is 6.15. The van der Waals surface area contributed by atoms with E-state index in [2.05, 4.69) is 25.3 Å². The molecule has 1 aliphatic heterocycles. The van der Waals surface area contributed by atoms with Gasteiger partial charge in [0.25, 0.3) is 0 Å². The fourth-order valence-electron chi connectivity index (χ4n) is 3.34. The van der Waals surface area contributed by atoms with E-state index in [0.29, 0.717) is 11.6 Å². The molecule has 0 aliphatic carbocycles. The number of aromatic nitrogens is 6. The van der Waals surface area contributed by atoms with Crippen molar-refractivity contribution in [1.82, 2.24) is 34.7 Å². The minimum atomic E-state index is 0. The molecule has 27 heavy (non-hydrogen) atoms. The number of halogens is 2. The number of likely N-dealkylation sites (tertiary alicyclic amines) is 1. The van der Waals surface area contributed by atoms with Gasteiger partial charge in [-0.05, 0) is 37.1 Å². The van der Waals surface area contributed by atoms with E-state index in [1.54, 1.807) is 11.0 Å². The van der Waals surface area contributed by atoms with Crippen molar-refractivity contribution in [3.05, 3.63) is 53.3 Å². The second-order valence-electron chi connectivity index (χ2n) is 6.66. The normalized spacial score (nSPS) is 17.6. The number of hydrogen-bond donors (Lipinski definition) is 1. The van der Waals surface area contributed by atoms with Gasteiger partial charge in [-0.3, -0.25) is 4.90 Å². The highest BCUT2D eigenvalue weighted by Gasteiger charge is 2.18. The highest BCUT2D eigenvalue weighted by molar-refractivity contribution is 6.30. The second kappa shape index (κ2) is 8.79. The second-order valence-corrected chi connectivity index (χ2v) is 7.09. The van der Waals surface area contributed by atoms with Crippen molar-refractivity contribution < 1.29 is 0 Å². The van der Waals surface area contributed by atoms with E-state index in [1.165, 1.54) is 6.33 Å². The lowest BCUT2D eigenvalue weighted by atomic mass is 10.1. The molecule has 8 nitrogen and oxygen atoms in total. The van der Waals surface area contributed by atoms with Crippen LogP contribution in [0.15, 0.2) is 37.1 Å². The Morgan fingerprint density at radius 3 is 2.93 bits per heavy atom. The first-order valence-electron chi connectivity index (χ1n) is 8.68. The maximum Gasteiger partial charge on any atom is 0.138 e. The van der Waals surface area contributed by atoms with E-state index >= 15 is 0 Å². The fraction of sp³-hybridized carbons (Fsp3) is 0.412. The number of hydrogen-bond acceptors (Lipinski definition) is 6. The van der Waals surface area contributed by atoms with Crippen LogP contribution in [0.25, 0.3) is 5.69 Å². The molecule has 1 atom stereocenters. The molecular formula is C17H22Cl2N8. The number of piperidine rings is 1. The summed E-state index contributed by atoms with van der Waals surface area (Å²) in [5.74, 6) is 0. The van der Waals surface area contributed by atoms with Crippen LogP contribution in [0.2, 0.25) is 5.02 Å². The zero-order valence-electron chi connectivity index (χ0n) is 14.8. The van der Waals surface area contributed by atoms with Gasteiger partial charge in [0, 0.05) is 24.2 Å². The molecule has 0 bridgehead atoms. The van der Waals surface area contributed by atoms with Gasteiger partial charge in [0.05, 0.1) is 24.1 Å². The molecule has 1 saturated heterocycles. The van der Waals surface area contributed by atoms with Gasteiger partial charge in [-0.15, -0.1) is 17.5 Å². The third kappa shape index (κ3) is 4.84. The lowest BCUT2D eigenvalue weighted by molar-refractivity contribution is 0.199. The number of benzene rings is 1. The number of nitrogens with zero attached hydrogens (tertiary/aromatic N) is 7. The molecule has 0 amide bonds. The Labute approximate surface area is 168 Å². The maximum atomic E-state index is 6.15. The minimum absolute atomic E-state index is 0. The Bertz CT molecular complexity index is 864. The average molecular weight is 409 g/mol. The largest absolute Gasteiger partial charge is 0.327 e. The summed E-state index contributed by atoms with van der Waals surface area (Å²) in [4.78, 5) is 6.35. The molecule has 1 aromatic carbocycles. The predicted octanol–water partition coefficient (Wildman–Crippen LogP) is 1.91. The Morgan fingerprint density at radius 1 is 1.26 bits per heavy atom. The highest BCUT2D eigenvalue weighted by atomic mass is 35.5. The molecular weight excluding hydrogens is 387 g/mol. The third-order valence-corrected chi connectivity index (χ3v) is 4.79.